The van der Waals surface area contributed by atoms with Gasteiger partial charge in [0.15, 0.2) is 0 Å². The molecule has 178 valence electrons. The SMILES string of the molecule is CC1=C[C@@H](CNS(=O)(=O)Cc2ccccc2)[C@H](C(C)C)C[C@H]1CC(=O)NCc1ccccn1. The lowest BCUT2D eigenvalue weighted by Gasteiger charge is -2.37. The second kappa shape index (κ2) is 11.6. The molecule has 3 rings (SSSR count). The zero-order chi connectivity index (χ0) is 23.8. The maximum absolute atomic E-state index is 12.6. The van der Waals surface area contributed by atoms with Crippen LogP contribution < -0.4 is 10.0 Å². The Kier molecular flexibility index (Phi) is 8.80. The van der Waals surface area contributed by atoms with Crippen LogP contribution in [-0.2, 0) is 27.1 Å². The maximum Gasteiger partial charge on any atom is 0.220 e. The van der Waals surface area contributed by atoms with E-state index in [0.717, 1.165) is 23.3 Å². The monoisotopic (exact) mass is 469 g/mol. The van der Waals surface area contributed by atoms with Gasteiger partial charge in [0, 0.05) is 19.2 Å². The van der Waals surface area contributed by atoms with Crippen molar-refractivity contribution >= 4 is 15.9 Å². The van der Waals surface area contributed by atoms with Gasteiger partial charge in [0.2, 0.25) is 15.9 Å². The van der Waals surface area contributed by atoms with E-state index in [-0.39, 0.29) is 23.5 Å². The van der Waals surface area contributed by atoms with Crippen LogP contribution >= 0.6 is 0 Å². The number of sulfonamides is 1. The predicted molar refractivity (Wildman–Crippen MR) is 131 cm³/mol. The summed E-state index contributed by atoms with van der Waals surface area (Å²) in [6, 6.07) is 14.9. The van der Waals surface area contributed by atoms with Crippen molar-refractivity contribution in [3.05, 3.63) is 77.6 Å². The third-order valence-electron chi connectivity index (χ3n) is 6.45. The minimum atomic E-state index is -3.42. The fourth-order valence-electron chi connectivity index (χ4n) is 4.56. The van der Waals surface area contributed by atoms with Crippen LogP contribution in [0.2, 0.25) is 0 Å². The third kappa shape index (κ3) is 7.79. The van der Waals surface area contributed by atoms with Gasteiger partial charge in [-0.25, -0.2) is 13.1 Å². The van der Waals surface area contributed by atoms with E-state index in [1.165, 1.54) is 0 Å². The molecule has 3 atom stereocenters. The van der Waals surface area contributed by atoms with Crippen LogP contribution in [0.5, 0.6) is 0 Å². The molecule has 0 fully saturated rings. The molecule has 1 aromatic heterocycles. The van der Waals surface area contributed by atoms with E-state index in [1.807, 2.05) is 48.5 Å². The number of nitrogens with one attached hydrogen (secondary N) is 2. The van der Waals surface area contributed by atoms with Crippen LogP contribution in [0, 0.1) is 23.7 Å². The first-order chi connectivity index (χ1) is 15.7. The highest BCUT2D eigenvalue weighted by Crippen LogP contribution is 2.38. The third-order valence-corrected chi connectivity index (χ3v) is 7.77. The molecular weight excluding hydrogens is 434 g/mol. The Morgan fingerprint density at radius 1 is 1.12 bits per heavy atom. The van der Waals surface area contributed by atoms with Gasteiger partial charge >= 0.3 is 0 Å². The van der Waals surface area contributed by atoms with E-state index < -0.39 is 10.0 Å². The van der Waals surface area contributed by atoms with Crippen LogP contribution in [0.25, 0.3) is 0 Å². The molecule has 0 bridgehead atoms. The summed E-state index contributed by atoms with van der Waals surface area (Å²) in [5.41, 5.74) is 2.77. The zero-order valence-corrected chi connectivity index (χ0v) is 20.5. The molecule has 1 aliphatic carbocycles. The molecule has 0 spiro atoms. The maximum atomic E-state index is 12.6. The fraction of sp³-hybridized carbons (Fsp3) is 0.462. The van der Waals surface area contributed by atoms with Crippen molar-refractivity contribution in [2.75, 3.05) is 6.54 Å². The van der Waals surface area contributed by atoms with E-state index in [9.17, 15) is 13.2 Å². The number of aromatic nitrogens is 1. The number of hydrogen-bond acceptors (Lipinski definition) is 4. The van der Waals surface area contributed by atoms with Crippen molar-refractivity contribution in [2.24, 2.45) is 23.7 Å². The van der Waals surface area contributed by atoms with Gasteiger partial charge in [0.25, 0.3) is 0 Å². The summed E-state index contributed by atoms with van der Waals surface area (Å²) >= 11 is 0. The number of pyridine rings is 1. The molecule has 0 saturated heterocycles. The average Bonchev–Trinajstić information content (AvgIpc) is 2.78. The first-order valence-corrected chi connectivity index (χ1v) is 13.2. The number of hydrogen-bond donors (Lipinski definition) is 2. The molecule has 1 amide bonds. The Hall–Kier alpha value is -2.51. The highest BCUT2D eigenvalue weighted by Gasteiger charge is 2.33. The molecule has 6 nitrogen and oxygen atoms in total. The van der Waals surface area contributed by atoms with Crippen LogP contribution in [0.3, 0.4) is 0 Å². The van der Waals surface area contributed by atoms with E-state index >= 15 is 0 Å². The molecule has 1 aliphatic rings. The molecule has 0 saturated carbocycles. The number of benzene rings is 1. The van der Waals surface area contributed by atoms with Gasteiger partial charge in [0.1, 0.15) is 0 Å². The van der Waals surface area contributed by atoms with Crippen molar-refractivity contribution < 1.29 is 13.2 Å². The molecule has 7 heteroatoms. The number of carbonyl (C=O) groups excluding carboxylic acids is 1. The molecule has 0 unspecified atom stereocenters. The van der Waals surface area contributed by atoms with Crippen molar-refractivity contribution in [3.8, 4) is 0 Å². The number of carbonyl (C=O) groups is 1. The highest BCUT2D eigenvalue weighted by atomic mass is 32.2. The normalized spacial score (nSPS) is 21.0. The van der Waals surface area contributed by atoms with Gasteiger partial charge in [0.05, 0.1) is 18.0 Å². The average molecular weight is 470 g/mol. The number of rotatable bonds is 10. The van der Waals surface area contributed by atoms with E-state index in [4.69, 9.17) is 0 Å². The van der Waals surface area contributed by atoms with Gasteiger partial charge < -0.3 is 5.32 Å². The summed E-state index contributed by atoms with van der Waals surface area (Å²) in [5.74, 6) is 0.970. The van der Waals surface area contributed by atoms with Gasteiger partial charge in [-0.3, -0.25) is 9.78 Å². The van der Waals surface area contributed by atoms with Gasteiger partial charge in [-0.05, 0) is 54.7 Å². The second-order valence-corrected chi connectivity index (χ2v) is 11.1. The summed E-state index contributed by atoms with van der Waals surface area (Å²) in [6.45, 7) is 7.20. The van der Waals surface area contributed by atoms with Gasteiger partial charge in [-0.2, -0.15) is 0 Å². The first kappa shape index (κ1) is 25.1. The standard InChI is InChI=1S/C26H35N3O3S/c1-19(2)25-14-22(15-26(30)28-17-24-11-7-8-12-27-24)20(3)13-23(25)16-29-33(31,32)18-21-9-5-4-6-10-21/h4-13,19,22-23,25,29H,14-18H2,1-3H3,(H,28,30)/t22-,23-,25-/m0/s1. The Morgan fingerprint density at radius 3 is 2.52 bits per heavy atom. The van der Waals surface area contributed by atoms with E-state index in [0.29, 0.717) is 31.3 Å². The largest absolute Gasteiger partial charge is 0.350 e. The van der Waals surface area contributed by atoms with Crippen LogP contribution in [0.4, 0.5) is 0 Å². The molecule has 2 N–H and O–H groups in total. The Bertz CT molecular complexity index is 1040. The Labute approximate surface area is 198 Å². The summed E-state index contributed by atoms with van der Waals surface area (Å²) < 4.78 is 28.0. The minimum absolute atomic E-state index is 0.0166. The lowest BCUT2D eigenvalue weighted by Crippen LogP contribution is -2.38. The highest BCUT2D eigenvalue weighted by molar-refractivity contribution is 7.88. The zero-order valence-electron chi connectivity index (χ0n) is 19.7. The summed E-state index contributed by atoms with van der Waals surface area (Å²) in [7, 11) is -3.42. The van der Waals surface area contributed by atoms with Crippen LogP contribution in [-0.4, -0.2) is 25.9 Å². The number of nitrogens with zero attached hydrogens (tertiary/aromatic N) is 1. The predicted octanol–water partition coefficient (Wildman–Crippen LogP) is 4.06. The van der Waals surface area contributed by atoms with E-state index in [2.05, 4.69) is 41.9 Å². The summed E-state index contributed by atoms with van der Waals surface area (Å²) in [4.78, 5) is 16.8. The number of allylic oxidation sites excluding steroid dienone is 1. The smallest absolute Gasteiger partial charge is 0.220 e. The summed E-state index contributed by atoms with van der Waals surface area (Å²) in [5, 5.41) is 2.97. The molecule has 2 aromatic rings. The van der Waals surface area contributed by atoms with E-state index in [1.54, 1.807) is 6.20 Å². The minimum Gasteiger partial charge on any atom is -0.350 e. The quantitative estimate of drug-likeness (QED) is 0.514. The van der Waals surface area contributed by atoms with Gasteiger partial charge in [-0.1, -0.05) is 61.9 Å². The molecular formula is C26H35N3O3S. The molecule has 1 aromatic carbocycles. The lowest BCUT2D eigenvalue weighted by molar-refractivity contribution is -0.122. The van der Waals surface area contributed by atoms with Crippen LogP contribution in [0.1, 0.15) is 44.9 Å². The second-order valence-electron chi connectivity index (χ2n) is 9.31. The topological polar surface area (TPSA) is 88.2 Å². The van der Waals surface area contributed by atoms with Crippen molar-refractivity contribution in [1.82, 2.24) is 15.0 Å². The summed E-state index contributed by atoms with van der Waals surface area (Å²) in [6.07, 6.45) is 5.21. The molecule has 1 heterocycles. The molecule has 0 radical (unpaired) electrons. The fourth-order valence-corrected chi connectivity index (χ4v) is 5.74. The first-order valence-electron chi connectivity index (χ1n) is 11.6. The van der Waals surface area contributed by atoms with Crippen molar-refractivity contribution in [3.63, 3.8) is 0 Å². The molecule has 33 heavy (non-hydrogen) atoms. The van der Waals surface area contributed by atoms with Crippen molar-refractivity contribution in [2.45, 2.75) is 45.9 Å². The lowest BCUT2D eigenvalue weighted by atomic mass is 9.70. The Morgan fingerprint density at radius 2 is 1.85 bits per heavy atom. The van der Waals surface area contributed by atoms with Gasteiger partial charge in [-0.15, -0.1) is 0 Å². The molecule has 0 aliphatic heterocycles. The van der Waals surface area contributed by atoms with Crippen molar-refractivity contribution in [1.29, 1.82) is 0 Å². The Balaban J connectivity index is 1.58. The number of amides is 1. The van der Waals surface area contributed by atoms with Crippen LogP contribution in [0.15, 0.2) is 66.4 Å².